The minimum Gasteiger partial charge on any atom is -0.298 e. The van der Waals surface area contributed by atoms with Gasteiger partial charge in [0.2, 0.25) is 0 Å². The third-order valence-electron chi connectivity index (χ3n) is 5.55. The largest absolute Gasteiger partial charge is 0.298 e. The summed E-state index contributed by atoms with van der Waals surface area (Å²) in [6.45, 7) is 14.1. The van der Waals surface area contributed by atoms with Gasteiger partial charge in [0.05, 0.1) is 12.0 Å². The summed E-state index contributed by atoms with van der Waals surface area (Å²) in [5.41, 5.74) is 0.374. The van der Waals surface area contributed by atoms with E-state index in [1.54, 1.807) is 0 Å². The molecule has 2 aliphatic rings. The zero-order valence-corrected chi connectivity index (χ0v) is 15.3. The SMILES string of the molecule is CC1(C)CCN(C2CC(C(C)(C)C)CCC2C#N)CCS1. The quantitative estimate of drug-likeness (QED) is 0.710. The van der Waals surface area contributed by atoms with Crippen LogP contribution in [0.1, 0.15) is 60.3 Å². The summed E-state index contributed by atoms with van der Waals surface area (Å²) >= 11 is 2.10. The number of thioether (sulfide) groups is 1. The molecule has 0 bridgehead atoms. The van der Waals surface area contributed by atoms with E-state index < -0.39 is 0 Å². The molecule has 0 aromatic carbocycles. The Balaban J connectivity index is 2.09. The maximum atomic E-state index is 9.57. The van der Waals surface area contributed by atoms with Crippen molar-refractivity contribution < 1.29 is 0 Å². The summed E-state index contributed by atoms with van der Waals surface area (Å²) in [6, 6.07) is 3.10. The molecule has 1 aliphatic carbocycles. The summed E-state index contributed by atoms with van der Waals surface area (Å²) in [7, 11) is 0. The number of hydrogen-bond donors (Lipinski definition) is 0. The van der Waals surface area contributed by atoms with Gasteiger partial charge in [0.1, 0.15) is 0 Å². The van der Waals surface area contributed by atoms with Crippen molar-refractivity contribution in [3.05, 3.63) is 0 Å². The van der Waals surface area contributed by atoms with Gasteiger partial charge in [0.25, 0.3) is 0 Å². The molecule has 0 N–H and O–H groups in total. The Bertz CT molecular complexity index is 391. The third kappa shape index (κ3) is 4.39. The predicted octanol–water partition coefficient (Wildman–Crippen LogP) is 4.56. The average molecular weight is 309 g/mol. The lowest BCUT2D eigenvalue weighted by molar-refractivity contribution is 0.0632. The molecule has 3 atom stereocenters. The third-order valence-corrected chi connectivity index (χ3v) is 6.92. The molecule has 1 aliphatic heterocycles. The lowest BCUT2D eigenvalue weighted by atomic mass is 9.67. The Morgan fingerprint density at radius 1 is 1.19 bits per heavy atom. The van der Waals surface area contributed by atoms with Crippen LogP contribution >= 0.6 is 11.8 Å². The van der Waals surface area contributed by atoms with Crippen molar-refractivity contribution in [1.82, 2.24) is 4.90 Å². The minimum atomic E-state index is 0.245. The summed E-state index contributed by atoms with van der Waals surface area (Å²) in [5.74, 6) is 2.22. The van der Waals surface area contributed by atoms with Crippen LogP contribution in [-0.2, 0) is 0 Å². The first kappa shape index (κ1) is 17.2. The molecule has 1 saturated heterocycles. The van der Waals surface area contributed by atoms with Crippen molar-refractivity contribution >= 4 is 11.8 Å². The van der Waals surface area contributed by atoms with Gasteiger partial charge in [-0.05, 0) is 43.6 Å². The van der Waals surface area contributed by atoms with E-state index in [2.05, 4.69) is 57.3 Å². The molecule has 0 amide bonds. The average Bonchev–Trinajstić information content (AvgIpc) is 2.58. The molecule has 3 unspecified atom stereocenters. The second-order valence-electron chi connectivity index (χ2n) is 8.57. The van der Waals surface area contributed by atoms with E-state index in [-0.39, 0.29) is 5.92 Å². The molecular formula is C18H32N2S. The Morgan fingerprint density at radius 3 is 2.52 bits per heavy atom. The summed E-state index contributed by atoms with van der Waals surface area (Å²) in [5, 5.41) is 9.57. The standard InChI is InChI=1S/C18H32N2S/c1-17(2,3)15-7-6-14(13-19)16(12-15)20-9-8-18(4,5)21-11-10-20/h14-16H,6-12H2,1-5H3. The fourth-order valence-corrected chi connectivity index (χ4v) is 4.97. The van der Waals surface area contributed by atoms with Gasteiger partial charge < -0.3 is 0 Å². The van der Waals surface area contributed by atoms with Crippen LogP contribution < -0.4 is 0 Å². The van der Waals surface area contributed by atoms with E-state index >= 15 is 0 Å². The van der Waals surface area contributed by atoms with Crippen LogP contribution in [0.3, 0.4) is 0 Å². The highest BCUT2D eigenvalue weighted by Crippen LogP contribution is 2.42. The molecule has 0 aromatic rings. The second-order valence-corrected chi connectivity index (χ2v) is 10.4. The van der Waals surface area contributed by atoms with E-state index in [9.17, 15) is 5.26 Å². The van der Waals surface area contributed by atoms with Gasteiger partial charge in [0.15, 0.2) is 0 Å². The van der Waals surface area contributed by atoms with Gasteiger partial charge >= 0.3 is 0 Å². The molecular weight excluding hydrogens is 276 g/mol. The van der Waals surface area contributed by atoms with Gasteiger partial charge in [-0.25, -0.2) is 0 Å². The van der Waals surface area contributed by atoms with Crippen LogP contribution in [0, 0.1) is 28.6 Å². The number of nitriles is 1. The molecule has 2 rings (SSSR count). The summed E-state index contributed by atoms with van der Waals surface area (Å²) < 4.78 is 0.398. The van der Waals surface area contributed by atoms with Crippen LogP contribution in [-0.4, -0.2) is 34.5 Å². The van der Waals surface area contributed by atoms with Crippen LogP contribution in [0.2, 0.25) is 0 Å². The molecule has 2 fully saturated rings. The Hall–Kier alpha value is -0.200. The highest BCUT2D eigenvalue weighted by atomic mass is 32.2. The van der Waals surface area contributed by atoms with E-state index in [0.29, 0.717) is 16.2 Å². The Labute approximate surface area is 135 Å². The van der Waals surface area contributed by atoms with E-state index in [0.717, 1.165) is 18.9 Å². The monoisotopic (exact) mass is 308 g/mol. The van der Waals surface area contributed by atoms with Crippen LogP contribution in [0.25, 0.3) is 0 Å². The predicted molar refractivity (Wildman–Crippen MR) is 92.4 cm³/mol. The Morgan fingerprint density at radius 2 is 1.90 bits per heavy atom. The van der Waals surface area contributed by atoms with E-state index in [1.165, 1.54) is 31.6 Å². The highest BCUT2D eigenvalue weighted by molar-refractivity contribution is 8.00. The zero-order chi connectivity index (χ0) is 15.7. The van der Waals surface area contributed by atoms with E-state index in [1.807, 2.05) is 0 Å². The maximum absolute atomic E-state index is 9.57. The fourth-order valence-electron chi connectivity index (χ4n) is 3.86. The fraction of sp³-hybridized carbons (Fsp3) is 0.944. The zero-order valence-electron chi connectivity index (χ0n) is 14.5. The lowest BCUT2D eigenvalue weighted by Gasteiger charge is -2.44. The van der Waals surface area contributed by atoms with Crippen LogP contribution in [0.15, 0.2) is 0 Å². The van der Waals surface area contributed by atoms with Crippen molar-refractivity contribution in [2.45, 2.75) is 71.1 Å². The van der Waals surface area contributed by atoms with Gasteiger partial charge in [-0.1, -0.05) is 34.6 Å². The second kappa shape index (κ2) is 6.50. The number of nitrogens with zero attached hydrogens (tertiary/aromatic N) is 2. The lowest BCUT2D eigenvalue weighted by Crippen LogP contribution is -2.47. The Kier molecular flexibility index (Phi) is 5.31. The van der Waals surface area contributed by atoms with Crippen molar-refractivity contribution in [2.24, 2.45) is 17.3 Å². The molecule has 2 nitrogen and oxygen atoms in total. The first-order valence-electron chi connectivity index (χ1n) is 8.50. The summed E-state index contributed by atoms with van der Waals surface area (Å²) in [4.78, 5) is 2.65. The van der Waals surface area contributed by atoms with E-state index in [4.69, 9.17) is 0 Å². The van der Waals surface area contributed by atoms with Crippen molar-refractivity contribution in [1.29, 1.82) is 5.26 Å². The number of rotatable bonds is 1. The van der Waals surface area contributed by atoms with Crippen LogP contribution in [0.5, 0.6) is 0 Å². The van der Waals surface area contributed by atoms with Gasteiger partial charge in [-0.2, -0.15) is 17.0 Å². The molecule has 0 aromatic heterocycles. The molecule has 0 radical (unpaired) electrons. The van der Waals surface area contributed by atoms with Gasteiger partial charge in [-0.15, -0.1) is 0 Å². The molecule has 0 spiro atoms. The van der Waals surface area contributed by atoms with Gasteiger partial charge in [0, 0.05) is 23.1 Å². The minimum absolute atomic E-state index is 0.245. The van der Waals surface area contributed by atoms with Crippen molar-refractivity contribution in [3.63, 3.8) is 0 Å². The first-order valence-corrected chi connectivity index (χ1v) is 9.49. The smallest absolute Gasteiger partial charge is 0.0672 e. The molecule has 21 heavy (non-hydrogen) atoms. The topological polar surface area (TPSA) is 27.0 Å². The summed E-state index contributed by atoms with van der Waals surface area (Å²) in [6.07, 6.45) is 4.78. The molecule has 1 saturated carbocycles. The van der Waals surface area contributed by atoms with Crippen LogP contribution in [0.4, 0.5) is 0 Å². The molecule has 3 heteroatoms. The molecule has 120 valence electrons. The van der Waals surface area contributed by atoms with Crippen molar-refractivity contribution in [2.75, 3.05) is 18.8 Å². The van der Waals surface area contributed by atoms with Crippen molar-refractivity contribution in [3.8, 4) is 6.07 Å². The van der Waals surface area contributed by atoms with Gasteiger partial charge in [-0.3, -0.25) is 4.90 Å². The normalized spacial score (nSPS) is 35.0. The highest BCUT2D eigenvalue weighted by Gasteiger charge is 2.39. The first-order chi connectivity index (χ1) is 9.73. The number of hydrogen-bond acceptors (Lipinski definition) is 3. The molecule has 1 heterocycles. The maximum Gasteiger partial charge on any atom is 0.0672 e.